The van der Waals surface area contributed by atoms with Gasteiger partial charge < -0.3 is 10.2 Å². The van der Waals surface area contributed by atoms with E-state index in [0.717, 1.165) is 48.9 Å². The fraction of sp³-hybridized carbons (Fsp3) is 0.533. The lowest BCUT2D eigenvalue weighted by Crippen LogP contribution is -2.36. The minimum atomic E-state index is 0.00391. The molecular weight excluding hydrogens is 304 g/mol. The van der Waals surface area contributed by atoms with Gasteiger partial charge in [-0.25, -0.2) is 4.79 Å². The summed E-state index contributed by atoms with van der Waals surface area (Å²) in [5, 5.41) is 2.95. The minimum absolute atomic E-state index is 0.00391. The maximum Gasteiger partial charge on any atom is 0.321 e. The summed E-state index contributed by atoms with van der Waals surface area (Å²) in [5.74, 6) is 0. The van der Waals surface area contributed by atoms with Crippen molar-refractivity contribution in [3.8, 4) is 0 Å². The molecule has 0 aliphatic rings. The number of hydrogen-bond donors (Lipinski definition) is 1. The van der Waals surface area contributed by atoms with E-state index >= 15 is 0 Å². The standard InChI is InChI=1S/C15H23BrN2O/c1-3-5-11-18(12-6-4-2)15(19)17-14-9-7-13(16)8-10-14/h7-10H,3-6,11-12H2,1-2H3,(H,17,19). The number of anilines is 1. The zero-order valence-electron chi connectivity index (χ0n) is 11.8. The van der Waals surface area contributed by atoms with Crippen molar-refractivity contribution in [2.24, 2.45) is 0 Å². The monoisotopic (exact) mass is 326 g/mol. The van der Waals surface area contributed by atoms with Crippen LogP contribution in [0, 0.1) is 0 Å². The summed E-state index contributed by atoms with van der Waals surface area (Å²) in [7, 11) is 0. The second-order valence-corrected chi connectivity index (χ2v) is 5.55. The number of halogens is 1. The van der Waals surface area contributed by atoms with E-state index in [0.29, 0.717) is 0 Å². The number of amides is 2. The summed E-state index contributed by atoms with van der Waals surface area (Å²) in [4.78, 5) is 14.1. The Morgan fingerprint density at radius 1 is 1.11 bits per heavy atom. The van der Waals surface area contributed by atoms with Crippen molar-refractivity contribution in [3.05, 3.63) is 28.7 Å². The number of nitrogens with one attached hydrogen (secondary N) is 1. The summed E-state index contributed by atoms with van der Waals surface area (Å²) in [6.45, 7) is 5.95. The van der Waals surface area contributed by atoms with E-state index in [1.165, 1.54) is 0 Å². The zero-order chi connectivity index (χ0) is 14.1. The average Bonchev–Trinajstić information content (AvgIpc) is 2.41. The van der Waals surface area contributed by atoms with Gasteiger partial charge in [0.1, 0.15) is 0 Å². The van der Waals surface area contributed by atoms with Gasteiger partial charge in [0.15, 0.2) is 0 Å². The van der Waals surface area contributed by atoms with E-state index in [4.69, 9.17) is 0 Å². The van der Waals surface area contributed by atoms with E-state index in [-0.39, 0.29) is 6.03 Å². The molecule has 0 heterocycles. The molecule has 0 aliphatic carbocycles. The van der Waals surface area contributed by atoms with Crippen molar-refractivity contribution in [1.82, 2.24) is 4.90 Å². The Balaban J connectivity index is 2.56. The lowest BCUT2D eigenvalue weighted by molar-refractivity contribution is 0.210. The Morgan fingerprint density at radius 2 is 1.63 bits per heavy atom. The van der Waals surface area contributed by atoms with Gasteiger partial charge in [0.2, 0.25) is 0 Å². The SMILES string of the molecule is CCCCN(CCCC)C(=O)Nc1ccc(Br)cc1. The van der Waals surface area contributed by atoms with Crippen LogP contribution in [0.3, 0.4) is 0 Å². The molecule has 0 fully saturated rings. The highest BCUT2D eigenvalue weighted by Crippen LogP contribution is 2.14. The van der Waals surface area contributed by atoms with Gasteiger partial charge in [-0.1, -0.05) is 42.6 Å². The van der Waals surface area contributed by atoms with Crippen LogP contribution in [0.15, 0.2) is 28.7 Å². The van der Waals surface area contributed by atoms with Gasteiger partial charge in [0, 0.05) is 23.2 Å². The fourth-order valence-electron chi connectivity index (χ4n) is 1.75. The molecule has 0 atom stereocenters. The first kappa shape index (κ1) is 16.0. The first-order valence-electron chi connectivity index (χ1n) is 6.98. The Morgan fingerprint density at radius 3 is 2.11 bits per heavy atom. The van der Waals surface area contributed by atoms with Crippen LogP contribution in [0.4, 0.5) is 10.5 Å². The van der Waals surface area contributed by atoms with Gasteiger partial charge in [0.05, 0.1) is 0 Å². The predicted molar refractivity (Wildman–Crippen MR) is 84.5 cm³/mol. The van der Waals surface area contributed by atoms with Crippen LogP contribution in [-0.4, -0.2) is 24.0 Å². The number of urea groups is 1. The van der Waals surface area contributed by atoms with Crippen LogP contribution in [0.2, 0.25) is 0 Å². The number of benzene rings is 1. The summed E-state index contributed by atoms with van der Waals surface area (Å²) in [6, 6.07) is 7.67. The van der Waals surface area contributed by atoms with Crippen LogP contribution in [0.1, 0.15) is 39.5 Å². The Hall–Kier alpha value is -1.03. The molecule has 2 amide bonds. The molecule has 3 nitrogen and oxygen atoms in total. The Kier molecular flexibility index (Phi) is 7.56. The normalized spacial score (nSPS) is 10.3. The zero-order valence-corrected chi connectivity index (χ0v) is 13.4. The maximum absolute atomic E-state index is 12.2. The van der Waals surface area contributed by atoms with Gasteiger partial charge in [-0.15, -0.1) is 0 Å². The minimum Gasteiger partial charge on any atom is -0.325 e. The third-order valence-corrected chi connectivity index (χ3v) is 3.47. The molecule has 19 heavy (non-hydrogen) atoms. The summed E-state index contributed by atoms with van der Waals surface area (Å²) in [5.41, 5.74) is 0.839. The van der Waals surface area contributed by atoms with Crippen molar-refractivity contribution in [2.75, 3.05) is 18.4 Å². The number of rotatable bonds is 7. The highest BCUT2D eigenvalue weighted by atomic mass is 79.9. The van der Waals surface area contributed by atoms with Gasteiger partial charge in [-0.2, -0.15) is 0 Å². The number of carbonyl (C=O) groups excluding carboxylic acids is 1. The van der Waals surface area contributed by atoms with Crippen LogP contribution in [0.25, 0.3) is 0 Å². The quantitative estimate of drug-likeness (QED) is 0.760. The summed E-state index contributed by atoms with van der Waals surface area (Å²) in [6.07, 6.45) is 4.32. The van der Waals surface area contributed by atoms with E-state index in [1.54, 1.807) is 0 Å². The van der Waals surface area contributed by atoms with Crippen molar-refractivity contribution in [3.63, 3.8) is 0 Å². The second kappa shape index (κ2) is 8.97. The molecule has 1 aromatic carbocycles. The third-order valence-electron chi connectivity index (χ3n) is 2.95. The molecule has 1 rings (SSSR count). The Labute approximate surface area is 124 Å². The maximum atomic E-state index is 12.2. The number of nitrogens with zero attached hydrogens (tertiary/aromatic N) is 1. The van der Waals surface area contributed by atoms with Gasteiger partial charge in [0.25, 0.3) is 0 Å². The third kappa shape index (κ3) is 6.10. The predicted octanol–water partition coefficient (Wildman–Crippen LogP) is 4.88. The lowest BCUT2D eigenvalue weighted by Gasteiger charge is -2.22. The second-order valence-electron chi connectivity index (χ2n) is 4.63. The number of unbranched alkanes of at least 4 members (excludes halogenated alkanes) is 2. The number of carbonyl (C=O) groups is 1. The van der Waals surface area contributed by atoms with E-state index in [1.807, 2.05) is 29.2 Å². The van der Waals surface area contributed by atoms with E-state index < -0.39 is 0 Å². The average molecular weight is 327 g/mol. The molecule has 0 saturated carbocycles. The highest BCUT2D eigenvalue weighted by Gasteiger charge is 2.12. The molecule has 0 radical (unpaired) electrons. The molecule has 0 bridgehead atoms. The topological polar surface area (TPSA) is 32.3 Å². The molecule has 0 unspecified atom stereocenters. The smallest absolute Gasteiger partial charge is 0.321 e. The van der Waals surface area contributed by atoms with Gasteiger partial charge >= 0.3 is 6.03 Å². The summed E-state index contributed by atoms with van der Waals surface area (Å²) < 4.78 is 1.01. The lowest BCUT2D eigenvalue weighted by atomic mass is 10.2. The number of hydrogen-bond acceptors (Lipinski definition) is 1. The summed E-state index contributed by atoms with van der Waals surface area (Å²) >= 11 is 3.39. The van der Waals surface area contributed by atoms with Gasteiger partial charge in [-0.3, -0.25) is 0 Å². The fourth-order valence-corrected chi connectivity index (χ4v) is 2.01. The van der Waals surface area contributed by atoms with Crippen LogP contribution in [0.5, 0.6) is 0 Å². The molecule has 0 aromatic heterocycles. The highest BCUT2D eigenvalue weighted by molar-refractivity contribution is 9.10. The van der Waals surface area contributed by atoms with Gasteiger partial charge in [-0.05, 0) is 37.1 Å². The molecule has 1 N–H and O–H groups in total. The van der Waals surface area contributed by atoms with Crippen LogP contribution >= 0.6 is 15.9 Å². The largest absolute Gasteiger partial charge is 0.325 e. The Bertz CT molecular complexity index is 370. The van der Waals surface area contributed by atoms with Crippen molar-refractivity contribution in [2.45, 2.75) is 39.5 Å². The van der Waals surface area contributed by atoms with Crippen molar-refractivity contribution < 1.29 is 4.79 Å². The molecule has 0 saturated heterocycles. The molecule has 106 valence electrons. The van der Waals surface area contributed by atoms with Crippen molar-refractivity contribution in [1.29, 1.82) is 0 Å². The molecular formula is C15H23BrN2O. The molecule has 0 spiro atoms. The van der Waals surface area contributed by atoms with Crippen LogP contribution in [-0.2, 0) is 0 Å². The van der Waals surface area contributed by atoms with Crippen molar-refractivity contribution >= 4 is 27.6 Å². The van der Waals surface area contributed by atoms with E-state index in [9.17, 15) is 4.79 Å². The van der Waals surface area contributed by atoms with Crippen LogP contribution < -0.4 is 5.32 Å². The first-order valence-corrected chi connectivity index (χ1v) is 7.78. The first-order chi connectivity index (χ1) is 9.17. The molecule has 0 aliphatic heterocycles. The molecule has 4 heteroatoms. The van der Waals surface area contributed by atoms with E-state index in [2.05, 4.69) is 35.1 Å². The molecule has 1 aromatic rings.